The topological polar surface area (TPSA) is 58.4 Å². The van der Waals surface area contributed by atoms with E-state index in [1.807, 2.05) is 0 Å². The molecule has 3 N–H and O–H groups in total. The normalized spacial score (nSPS) is 20.4. The van der Waals surface area contributed by atoms with Gasteiger partial charge in [-0.2, -0.15) is 0 Å². The van der Waals surface area contributed by atoms with E-state index in [-0.39, 0.29) is 5.91 Å². The summed E-state index contributed by atoms with van der Waals surface area (Å²) in [5.74, 6) is 0.721. The predicted molar refractivity (Wildman–Crippen MR) is 83.9 cm³/mol. The van der Waals surface area contributed by atoms with E-state index in [9.17, 15) is 4.79 Å². The molecule has 4 nitrogen and oxygen atoms in total. The van der Waals surface area contributed by atoms with Gasteiger partial charge < -0.3 is 11.1 Å². The number of carbonyl (C=O) groups excluding carboxylic acids is 1. The van der Waals surface area contributed by atoms with Gasteiger partial charge in [-0.05, 0) is 56.5 Å². The molecule has 0 aromatic heterocycles. The van der Waals surface area contributed by atoms with Crippen LogP contribution in [0.2, 0.25) is 5.02 Å². The number of rotatable bonds is 3. The van der Waals surface area contributed by atoms with Gasteiger partial charge in [0.25, 0.3) is 0 Å². The molecule has 20 heavy (non-hydrogen) atoms. The highest BCUT2D eigenvalue weighted by Crippen LogP contribution is 2.24. The Labute approximate surface area is 125 Å². The third-order valence-corrected chi connectivity index (χ3v) is 4.07. The minimum absolute atomic E-state index is 0.0351. The highest BCUT2D eigenvalue weighted by molar-refractivity contribution is 6.33. The molecule has 1 aliphatic rings. The van der Waals surface area contributed by atoms with Crippen molar-refractivity contribution in [2.75, 3.05) is 30.7 Å². The number of halogens is 1. The van der Waals surface area contributed by atoms with Crippen LogP contribution in [0, 0.1) is 5.92 Å². The molecule has 1 unspecified atom stereocenters. The van der Waals surface area contributed by atoms with Gasteiger partial charge in [0.2, 0.25) is 5.91 Å². The molecule has 1 fully saturated rings. The van der Waals surface area contributed by atoms with Gasteiger partial charge in [-0.25, -0.2) is 0 Å². The summed E-state index contributed by atoms with van der Waals surface area (Å²) in [5, 5.41) is 3.35. The predicted octanol–water partition coefficient (Wildman–Crippen LogP) is 2.98. The summed E-state index contributed by atoms with van der Waals surface area (Å²) in [4.78, 5) is 14.3. The first-order chi connectivity index (χ1) is 9.54. The summed E-state index contributed by atoms with van der Waals surface area (Å²) in [6, 6.07) is 5.10. The summed E-state index contributed by atoms with van der Waals surface area (Å²) in [7, 11) is 0. The highest BCUT2D eigenvalue weighted by atomic mass is 35.5. The van der Waals surface area contributed by atoms with Gasteiger partial charge >= 0.3 is 0 Å². The molecular formula is C15H22ClN3O. The average Bonchev–Trinajstić information content (AvgIpc) is 2.59. The van der Waals surface area contributed by atoms with E-state index >= 15 is 0 Å². The lowest BCUT2D eigenvalue weighted by atomic mass is 10.0. The van der Waals surface area contributed by atoms with Crippen molar-refractivity contribution < 1.29 is 4.79 Å². The largest absolute Gasteiger partial charge is 0.399 e. The van der Waals surface area contributed by atoms with Crippen molar-refractivity contribution in [3.8, 4) is 0 Å². The summed E-state index contributed by atoms with van der Waals surface area (Å²) < 4.78 is 0. The maximum Gasteiger partial charge on any atom is 0.238 e. The Morgan fingerprint density at radius 2 is 2.25 bits per heavy atom. The van der Waals surface area contributed by atoms with E-state index in [4.69, 9.17) is 17.3 Å². The van der Waals surface area contributed by atoms with Gasteiger partial charge in [0.05, 0.1) is 17.3 Å². The highest BCUT2D eigenvalue weighted by Gasteiger charge is 2.16. The minimum atomic E-state index is -0.0351. The molecule has 1 aromatic rings. The zero-order valence-corrected chi connectivity index (χ0v) is 12.6. The standard InChI is InChI=1S/C15H22ClN3O/c1-11-3-2-7-19(8-6-11)10-15(20)18-14-9-12(17)4-5-13(14)16/h4-5,9,11H,2-3,6-8,10,17H2,1H3,(H,18,20). The molecule has 1 aliphatic heterocycles. The number of nitrogens with zero attached hydrogens (tertiary/aromatic N) is 1. The van der Waals surface area contributed by atoms with E-state index in [1.54, 1.807) is 18.2 Å². The Balaban J connectivity index is 1.90. The summed E-state index contributed by atoms with van der Waals surface area (Å²) in [6.07, 6.45) is 3.57. The van der Waals surface area contributed by atoms with E-state index in [0.29, 0.717) is 22.9 Å². The second kappa shape index (κ2) is 6.95. The lowest BCUT2D eigenvalue weighted by molar-refractivity contribution is -0.117. The van der Waals surface area contributed by atoms with Crippen molar-refractivity contribution in [3.05, 3.63) is 23.2 Å². The molecule has 1 atom stereocenters. The third kappa shape index (κ3) is 4.39. The molecule has 2 rings (SSSR count). The van der Waals surface area contributed by atoms with Crippen LogP contribution in [-0.4, -0.2) is 30.4 Å². The van der Waals surface area contributed by atoms with Crippen LogP contribution in [0.15, 0.2) is 18.2 Å². The molecule has 0 aliphatic carbocycles. The van der Waals surface area contributed by atoms with E-state index in [2.05, 4.69) is 17.1 Å². The molecule has 1 heterocycles. The number of hydrogen-bond donors (Lipinski definition) is 2. The summed E-state index contributed by atoms with van der Waals surface area (Å²) in [6.45, 7) is 4.66. The molecule has 0 bridgehead atoms. The molecule has 0 spiro atoms. The molecule has 1 saturated heterocycles. The first-order valence-electron chi connectivity index (χ1n) is 7.12. The van der Waals surface area contributed by atoms with Crippen LogP contribution in [0.3, 0.4) is 0 Å². The monoisotopic (exact) mass is 295 g/mol. The number of benzene rings is 1. The van der Waals surface area contributed by atoms with Crippen molar-refractivity contribution in [2.24, 2.45) is 5.92 Å². The van der Waals surface area contributed by atoms with E-state index in [0.717, 1.165) is 31.8 Å². The van der Waals surface area contributed by atoms with Gasteiger partial charge in [-0.3, -0.25) is 9.69 Å². The maximum atomic E-state index is 12.1. The number of nitrogens with two attached hydrogens (primary N) is 1. The lowest BCUT2D eigenvalue weighted by Crippen LogP contribution is -2.34. The van der Waals surface area contributed by atoms with E-state index < -0.39 is 0 Å². The van der Waals surface area contributed by atoms with Crippen LogP contribution in [-0.2, 0) is 4.79 Å². The molecule has 1 amide bonds. The number of anilines is 2. The molecule has 110 valence electrons. The van der Waals surface area contributed by atoms with Crippen LogP contribution in [0.25, 0.3) is 0 Å². The van der Waals surface area contributed by atoms with Gasteiger partial charge in [0, 0.05) is 5.69 Å². The van der Waals surface area contributed by atoms with E-state index in [1.165, 1.54) is 6.42 Å². The molecular weight excluding hydrogens is 274 g/mol. The quantitative estimate of drug-likeness (QED) is 0.843. The first kappa shape index (κ1) is 15.1. The van der Waals surface area contributed by atoms with Crippen molar-refractivity contribution in [1.29, 1.82) is 0 Å². The SMILES string of the molecule is CC1CCCN(CC(=O)Nc2cc(N)ccc2Cl)CC1. The molecule has 0 saturated carbocycles. The summed E-state index contributed by atoms with van der Waals surface area (Å²) >= 11 is 6.04. The van der Waals surface area contributed by atoms with Gasteiger partial charge in [-0.15, -0.1) is 0 Å². The Kier molecular flexibility index (Phi) is 5.26. The maximum absolute atomic E-state index is 12.1. The van der Waals surface area contributed by atoms with Crippen LogP contribution >= 0.6 is 11.6 Å². The van der Waals surface area contributed by atoms with Crippen LogP contribution in [0.1, 0.15) is 26.2 Å². The van der Waals surface area contributed by atoms with Crippen molar-refractivity contribution in [3.63, 3.8) is 0 Å². The zero-order valence-electron chi connectivity index (χ0n) is 11.9. The zero-order chi connectivity index (χ0) is 14.5. The van der Waals surface area contributed by atoms with Crippen LogP contribution in [0.5, 0.6) is 0 Å². The number of carbonyl (C=O) groups is 1. The van der Waals surface area contributed by atoms with Crippen molar-refractivity contribution in [2.45, 2.75) is 26.2 Å². The van der Waals surface area contributed by atoms with Crippen LogP contribution < -0.4 is 11.1 Å². The Bertz CT molecular complexity index is 478. The number of hydrogen-bond acceptors (Lipinski definition) is 3. The Hall–Kier alpha value is -1.26. The fourth-order valence-electron chi connectivity index (χ4n) is 2.51. The lowest BCUT2D eigenvalue weighted by Gasteiger charge is -2.19. The first-order valence-corrected chi connectivity index (χ1v) is 7.49. The smallest absolute Gasteiger partial charge is 0.238 e. The fourth-order valence-corrected chi connectivity index (χ4v) is 2.68. The minimum Gasteiger partial charge on any atom is -0.399 e. The molecule has 0 radical (unpaired) electrons. The van der Waals surface area contributed by atoms with Crippen LogP contribution in [0.4, 0.5) is 11.4 Å². The van der Waals surface area contributed by atoms with Crippen molar-refractivity contribution in [1.82, 2.24) is 4.90 Å². The molecule has 5 heteroatoms. The number of likely N-dealkylation sites (tertiary alicyclic amines) is 1. The van der Waals surface area contributed by atoms with Crippen molar-refractivity contribution >= 4 is 28.9 Å². The fraction of sp³-hybridized carbons (Fsp3) is 0.533. The number of nitrogen functional groups attached to an aromatic ring is 1. The van der Waals surface area contributed by atoms with Gasteiger partial charge in [0.15, 0.2) is 0 Å². The second-order valence-corrected chi connectivity index (χ2v) is 6.01. The number of nitrogens with one attached hydrogen (secondary N) is 1. The Morgan fingerprint density at radius 3 is 3.05 bits per heavy atom. The third-order valence-electron chi connectivity index (χ3n) is 3.74. The van der Waals surface area contributed by atoms with Gasteiger partial charge in [0.1, 0.15) is 0 Å². The second-order valence-electron chi connectivity index (χ2n) is 5.60. The Morgan fingerprint density at radius 1 is 1.45 bits per heavy atom. The van der Waals surface area contributed by atoms with Gasteiger partial charge in [-0.1, -0.05) is 18.5 Å². The number of amides is 1. The average molecular weight is 296 g/mol. The molecule has 1 aromatic carbocycles. The summed E-state index contributed by atoms with van der Waals surface area (Å²) in [5.41, 5.74) is 6.88.